The Hall–Kier alpha value is -1.06. The van der Waals surface area contributed by atoms with Crippen molar-refractivity contribution in [3.05, 3.63) is 0 Å². The van der Waals surface area contributed by atoms with Crippen LogP contribution >= 0.6 is 0 Å². The zero-order valence-corrected chi connectivity index (χ0v) is 11.7. The van der Waals surface area contributed by atoms with E-state index in [0.29, 0.717) is 5.92 Å². The average molecular weight is 264 g/mol. The van der Waals surface area contributed by atoms with Crippen molar-refractivity contribution in [1.29, 1.82) is 0 Å². The third kappa shape index (κ3) is 2.37. The second-order valence-corrected chi connectivity index (χ2v) is 6.50. The predicted molar refractivity (Wildman–Crippen MR) is 72.4 cm³/mol. The second kappa shape index (κ2) is 5.14. The Bertz CT molecular complexity index is 382. The normalized spacial score (nSPS) is 37.8. The Balaban J connectivity index is 1.69. The Morgan fingerprint density at radius 3 is 2.74 bits per heavy atom. The number of hydrogen-bond donors (Lipinski definition) is 1. The van der Waals surface area contributed by atoms with Crippen LogP contribution in [0.4, 0.5) is 0 Å². The van der Waals surface area contributed by atoms with Gasteiger partial charge < -0.3 is 10.2 Å². The lowest BCUT2D eigenvalue weighted by Crippen LogP contribution is -2.59. The summed E-state index contributed by atoms with van der Waals surface area (Å²) in [5.41, 5.74) is 0. The monoisotopic (exact) mass is 264 g/mol. The van der Waals surface area contributed by atoms with Gasteiger partial charge in [0.25, 0.3) is 0 Å². The number of amides is 2. The van der Waals surface area contributed by atoms with Gasteiger partial charge in [0.05, 0.1) is 6.54 Å². The molecule has 19 heavy (non-hydrogen) atoms. The zero-order chi connectivity index (χ0) is 13.4. The summed E-state index contributed by atoms with van der Waals surface area (Å²) in [5, 5.41) is 2.73. The molecule has 0 aromatic carbocycles. The molecule has 1 saturated heterocycles. The number of nitrogens with zero attached hydrogens (tertiary/aromatic N) is 1. The average Bonchev–Trinajstić information content (AvgIpc) is 3.00. The van der Waals surface area contributed by atoms with Gasteiger partial charge in [0.2, 0.25) is 11.8 Å². The van der Waals surface area contributed by atoms with Crippen LogP contribution in [-0.4, -0.2) is 35.8 Å². The van der Waals surface area contributed by atoms with Gasteiger partial charge >= 0.3 is 0 Å². The molecule has 4 unspecified atom stereocenters. The van der Waals surface area contributed by atoms with Crippen molar-refractivity contribution >= 4 is 11.8 Å². The van der Waals surface area contributed by atoms with Crippen molar-refractivity contribution in [1.82, 2.24) is 10.2 Å². The van der Waals surface area contributed by atoms with E-state index in [1.165, 1.54) is 25.7 Å². The third-order valence-corrected chi connectivity index (χ3v) is 5.29. The van der Waals surface area contributed by atoms with E-state index in [1.54, 1.807) is 0 Å². The van der Waals surface area contributed by atoms with E-state index in [0.717, 1.165) is 31.2 Å². The summed E-state index contributed by atoms with van der Waals surface area (Å²) in [6.45, 7) is 3.08. The lowest BCUT2D eigenvalue weighted by Gasteiger charge is -2.38. The molecular formula is C15H24N2O2. The number of nitrogens with one attached hydrogen (secondary N) is 1. The van der Waals surface area contributed by atoms with Crippen LogP contribution in [0.1, 0.15) is 45.4 Å². The Morgan fingerprint density at radius 1 is 1.26 bits per heavy atom. The van der Waals surface area contributed by atoms with Gasteiger partial charge in [-0.3, -0.25) is 9.59 Å². The summed E-state index contributed by atoms with van der Waals surface area (Å²) in [6, 6.07) is -0.217. The topological polar surface area (TPSA) is 49.4 Å². The summed E-state index contributed by atoms with van der Waals surface area (Å²) in [7, 11) is 0. The van der Waals surface area contributed by atoms with Gasteiger partial charge in [0.1, 0.15) is 6.04 Å². The van der Waals surface area contributed by atoms with Gasteiger partial charge in [-0.05, 0) is 43.4 Å². The molecule has 0 radical (unpaired) electrons. The fraction of sp³-hybridized carbons (Fsp3) is 0.867. The molecule has 3 fully saturated rings. The molecule has 2 amide bonds. The maximum atomic E-state index is 12.1. The molecule has 4 nitrogen and oxygen atoms in total. The summed E-state index contributed by atoms with van der Waals surface area (Å²) in [6.07, 6.45) is 7.08. The summed E-state index contributed by atoms with van der Waals surface area (Å²) in [4.78, 5) is 26.0. The maximum absolute atomic E-state index is 12.1. The van der Waals surface area contributed by atoms with E-state index in [4.69, 9.17) is 0 Å². The number of fused-ring (bicyclic) bond motifs is 2. The van der Waals surface area contributed by atoms with E-state index >= 15 is 0 Å². The van der Waals surface area contributed by atoms with Crippen LogP contribution in [-0.2, 0) is 9.59 Å². The van der Waals surface area contributed by atoms with Crippen molar-refractivity contribution in [3.63, 3.8) is 0 Å². The molecule has 4 atom stereocenters. The first kappa shape index (κ1) is 12.9. The standard InChI is InChI=1S/C15H24N2O2/c1-2-3-13-15(19)16-8-14(18)17(13)9-12-7-10-4-5-11(12)6-10/h10-13H,2-9H2,1H3,(H,16,19). The molecule has 106 valence electrons. The van der Waals surface area contributed by atoms with Crippen molar-refractivity contribution in [2.75, 3.05) is 13.1 Å². The van der Waals surface area contributed by atoms with Gasteiger partial charge in [0, 0.05) is 6.54 Å². The number of hydrogen-bond acceptors (Lipinski definition) is 2. The number of carbonyl (C=O) groups excluding carboxylic acids is 2. The Morgan fingerprint density at radius 2 is 2.11 bits per heavy atom. The fourth-order valence-corrected chi connectivity index (χ4v) is 4.34. The van der Waals surface area contributed by atoms with Crippen molar-refractivity contribution in [3.8, 4) is 0 Å². The van der Waals surface area contributed by atoms with Crippen LogP contribution in [0.25, 0.3) is 0 Å². The molecule has 0 aromatic rings. The molecule has 2 aliphatic carbocycles. The Labute approximate surface area is 114 Å². The minimum atomic E-state index is -0.217. The van der Waals surface area contributed by atoms with E-state index in [-0.39, 0.29) is 24.4 Å². The molecule has 1 N–H and O–H groups in total. The molecule has 2 bridgehead atoms. The smallest absolute Gasteiger partial charge is 0.243 e. The first-order valence-corrected chi connectivity index (χ1v) is 7.76. The highest BCUT2D eigenvalue weighted by Crippen LogP contribution is 2.48. The van der Waals surface area contributed by atoms with E-state index in [2.05, 4.69) is 12.2 Å². The lowest BCUT2D eigenvalue weighted by atomic mass is 9.87. The molecule has 0 aromatic heterocycles. The molecule has 3 rings (SSSR count). The minimum Gasteiger partial charge on any atom is -0.345 e. The summed E-state index contributed by atoms with van der Waals surface area (Å²) < 4.78 is 0. The summed E-state index contributed by atoms with van der Waals surface area (Å²) >= 11 is 0. The highest BCUT2D eigenvalue weighted by atomic mass is 16.2. The fourth-order valence-electron chi connectivity index (χ4n) is 4.34. The predicted octanol–water partition coefficient (Wildman–Crippen LogP) is 1.55. The molecule has 2 saturated carbocycles. The molecule has 3 aliphatic rings. The largest absolute Gasteiger partial charge is 0.345 e. The molecular weight excluding hydrogens is 240 g/mol. The quantitative estimate of drug-likeness (QED) is 0.837. The van der Waals surface area contributed by atoms with Gasteiger partial charge in [0.15, 0.2) is 0 Å². The van der Waals surface area contributed by atoms with Crippen molar-refractivity contribution in [2.45, 2.75) is 51.5 Å². The van der Waals surface area contributed by atoms with Crippen LogP contribution < -0.4 is 5.32 Å². The van der Waals surface area contributed by atoms with Gasteiger partial charge in [-0.1, -0.05) is 19.8 Å². The van der Waals surface area contributed by atoms with Crippen LogP contribution in [0.5, 0.6) is 0 Å². The van der Waals surface area contributed by atoms with E-state index < -0.39 is 0 Å². The highest BCUT2D eigenvalue weighted by Gasteiger charge is 2.43. The first-order chi connectivity index (χ1) is 9.19. The second-order valence-electron chi connectivity index (χ2n) is 6.50. The van der Waals surface area contributed by atoms with E-state index in [1.807, 2.05) is 4.90 Å². The van der Waals surface area contributed by atoms with Crippen molar-refractivity contribution in [2.24, 2.45) is 17.8 Å². The number of rotatable bonds is 4. The first-order valence-electron chi connectivity index (χ1n) is 7.76. The molecule has 1 heterocycles. The molecule has 1 aliphatic heterocycles. The third-order valence-electron chi connectivity index (χ3n) is 5.29. The maximum Gasteiger partial charge on any atom is 0.243 e. The van der Waals surface area contributed by atoms with Gasteiger partial charge in [-0.2, -0.15) is 0 Å². The Kier molecular flexibility index (Phi) is 3.50. The molecule has 0 spiro atoms. The van der Waals surface area contributed by atoms with Crippen LogP contribution in [0.15, 0.2) is 0 Å². The van der Waals surface area contributed by atoms with Gasteiger partial charge in [-0.25, -0.2) is 0 Å². The van der Waals surface area contributed by atoms with Gasteiger partial charge in [-0.15, -0.1) is 0 Å². The zero-order valence-electron chi connectivity index (χ0n) is 11.7. The minimum absolute atomic E-state index is 0.0459. The SMILES string of the molecule is CCCC1C(=O)NCC(=O)N1CC1CC2CCC1C2. The van der Waals surface area contributed by atoms with Crippen LogP contribution in [0.3, 0.4) is 0 Å². The highest BCUT2D eigenvalue weighted by molar-refractivity contribution is 5.94. The molecule has 4 heteroatoms. The summed E-state index contributed by atoms with van der Waals surface area (Å²) in [5.74, 6) is 2.51. The van der Waals surface area contributed by atoms with Crippen LogP contribution in [0.2, 0.25) is 0 Å². The van der Waals surface area contributed by atoms with Crippen LogP contribution in [0, 0.1) is 17.8 Å². The lowest BCUT2D eigenvalue weighted by molar-refractivity contribution is -0.146. The number of piperazine rings is 1. The number of carbonyl (C=O) groups is 2. The van der Waals surface area contributed by atoms with Crippen molar-refractivity contribution < 1.29 is 9.59 Å². The van der Waals surface area contributed by atoms with E-state index in [9.17, 15) is 9.59 Å².